The minimum absolute atomic E-state index is 0.149. The molecule has 0 bridgehead atoms. The molecule has 0 aromatic heterocycles. The zero-order chi connectivity index (χ0) is 17.0. The molecule has 23 heavy (non-hydrogen) atoms. The molecular formula is C16H13F3N2O2. The Bertz CT molecular complexity index is 755. The Hall–Kier alpha value is -2.83. The number of hydrogen-bond donors (Lipinski definition) is 2. The highest BCUT2D eigenvalue weighted by Crippen LogP contribution is 2.36. The van der Waals surface area contributed by atoms with Crippen LogP contribution in [0.1, 0.15) is 27.0 Å². The van der Waals surface area contributed by atoms with Crippen LogP contribution in [0.15, 0.2) is 47.6 Å². The summed E-state index contributed by atoms with van der Waals surface area (Å²) >= 11 is 0. The van der Waals surface area contributed by atoms with Gasteiger partial charge in [-0.2, -0.15) is 18.3 Å². The summed E-state index contributed by atoms with van der Waals surface area (Å²) in [6.45, 7) is 1.82. The molecule has 0 fully saturated rings. The van der Waals surface area contributed by atoms with Gasteiger partial charge in [-0.1, -0.05) is 23.8 Å². The lowest BCUT2D eigenvalue weighted by Crippen LogP contribution is -2.17. The zero-order valence-corrected chi connectivity index (χ0v) is 12.1. The number of aryl methyl sites for hydroxylation is 1. The van der Waals surface area contributed by atoms with Gasteiger partial charge in [0.05, 0.1) is 11.8 Å². The first kappa shape index (κ1) is 16.5. The number of carbonyl (C=O) groups excluding carboxylic acids is 1. The molecule has 0 unspecified atom stereocenters. The third-order valence-electron chi connectivity index (χ3n) is 3.02. The first-order valence-corrected chi connectivity index (χ1v) is 6.58. The Morgan fingerprint density at radius 3 is 2.57 bits per heavy atom. The van der Waals surface area contributed by atoms with Gasteiger partial charge in [-0.05, 0) is 31.2 Å². The van der Waals surface area contributed by atoms with Gasteiger partial charge in [0.25, 0.3) is 5.91 Å². The van der Waals surface area contributed by atoms with Gasteiger partial charge < -0.3 is 5.11 Å². The maximum Gasteiger partial charge on any atom is 0.419 e. The number of para-hydroxylation sites is 1. The highest BCUT2D eigenvalue weighted by atomic mass is 19.4. The van der Waals surface area contributed by atoms with Crippen LogP contribution < -0.4 is 5.43 Å². The van der Waals surface area contributed by atoms with Crippen LogP contribution in [0, 0.1) is 6.92 Å². The summed E-state index contributed by atoms with van der Waals surface area (Å²) in [5.74, 6) is -1.44. The number of alkyl halides is 3. The van der Waals surface area contributed by atoms with Gasteiger partial charge in [0, 0.05) is 11.1 Å². The number of hydrogen-bond acceptors (Lipinski definition) is 3. The number of nitrogens with one attached hydrogen (secondary N) is 1. The number of hydrazone groups is 1. The molecule has 0 spiro atoms. The summed E-state index contributed by atoms with van der Waals surface area (Å²) in [6, 6.07) is 9.91. The number of benzene rings is 2. The summed E-state index contributed by atoms with van der Waals surface area (Å²) in [6.07, 6.45) is -3.71. The Labute approximate surface area is 130 Å². The first-order chi connectivity index (χ1) is 10.8. The maximum absolute atomic E-state index is 12.7. The number of rotatable bonds is 3. The van der Waals surface area contributed by atoms with Crippen LogP contribution in [0.2, 0.25) is 0 Å². The molecule has 2 aromatic carbocycles. The van der Waals surface area contributed by atoms with Crippen molar-refractivity contribution in [2.45, 2.75) is 13.1 Å². The molecule has 7 heteroatoms. The molecule has 0 aliphatic heterocycles. The number of halogens is 3. The van der Waals surface area contributed by atoms with E-state index in [2.05, 4.69) is 10.5 Å². The fraction of sp³-hybridized carbons (Fsp3) is 0.125. The van der Waals surface area contributed by atoms with E-state index >= 15 is 0 Å². The number of amides is 1. The normalized spacial score (nSPS) is 11.7. The second-order valence-electron chi connectivity index (χ2n) is 4.81. The molecule has 120 valence electrons. The number of nitrogens with zero attached hydrogens (tertiary/aromatic N) is 1. The van der Waals surface area contributed by atoms with Crippen LogP contribution >= 0.6 is 0 Å². The largest absolute Gasteiger partial charge is 0.507 e. The van der Waals surface area contributed by atoms with Crippen molar-refractivity contribution >= 4 is 12.1 Å². The molecule has 0 radical (unpaired) electrons. The van der Waals surface area contributed by atoms with E-state index in [9.17, 15) is 23.1 Å². The molecule has 2 N–H and O–H groups in total. The lowest BCUT2D eigenvalue weighted by atomic mass is 10.1. The van der Waals surface area contributed by atoms with E-state index < -0.39 is 23.4 Å². The van der Waals surface area contributed by atoms with Crippen LogP contribution in [0.4, 0.5) is 13.2 Å². The number of phenols is 1. The Morgan fingerprint density at radius 2 is 1.91 bits per heavy atom. The van der Waals surface area contributed by atoms with Crippen molar-refractivity contribution in [1.82, 2.24) is 5.43 Å². The van der Waals surface area contributed by atoms with E-state index in [0.29, 0.717) is 5.56 Å². The van der Waals surface area contributed by atoms with Crippen molar-refractivity contribution in [3.63, 3.8) is 0 Å². The highest BCUT2D eigenvalue weighted by molar-refractivity contribution is 5.95. The van der Waals surface area contributed by atoms with Gasteiger partial charge >= 0.3 is 6.18 Å². The quantitative estimate of drug-likeness (QED) is 0.671. The zero-order valence-electron chi connectivity index (χ0n) is 12.1. The SMILES string of the molecule is Cc1cccc(C(=O)NN=Cc2cccc(C(F)(F)F)c2O)c1. The van der Waals surface area contributed by atoms with E-state index in [1.807, 2.05) is 13.0 Å². The summed E-state index contributed by atoms with van der Waals surface area (Å²) in [7, 11) is 0. The van der Waals surface area contributed by atoms with Crippen molar-refractivity contribution in [3.05, 3.63) is 64.7 Å². The summed E-state index contributed by atoms with van der Waals surface area (Å²) in [5, 5.41) is 13.2. The standard InChI is InChI=1S/C16H13F3N2O2/c1-10-4-2-5-11(8-10)15(23)21-20-9-12-6-3-7-13(14(12)22)16(17,18)19/h2-9,22H,1H3,(H,21,23). The van der Waals surface area contributed by atoms with Crippen LogP contribution in [-0.4, -0.2) is 17.2 Å². The second-order valence-corrected chi connectivity index (χ2v) is 4.81. The molecule has 1 amide bonds. The Kier molecular flexibility index (Phi) is 4.68. The van der Waals surface area contributed by atoms with Gasteiger partial charge in [0.1, 0.15) is 5.75 Å². The van der Waals surface area contributed by atoms with Crippen LogP contribution in [0.25, 0.3) is 0 Å². The predicted octanol–water partition coefficient (Wildman–Crippen LogP) is 3.48. The Balaban J connectivity index is 2.14. The highest BCUT2D eigenvalue weighted by Gasteiger charge is 2.34. The number of phenolic OH excluding ortho intramolecular Hbond substituents is 1. The molecule has 2 aromatic rings. The van der Waals surface area contributed by atoms with Crippen LogP contribution in [-0.2, 0) is 6.18 Å². The Morgan fingerprint density at radius 1 is 1.22 bits per heavy atom. The third-order valence-corrected chi connectivity index (χ3v) is 3.02. The first-order valence-electron chi connectivity index (χ1n) is 6.58. The van der Waals surface area contributed by atoms with E-state index in [0.717, 1.165) is 23.9 Å². The van der Waals surface area contributed by atoms with Crippen molar-refractivity contribution in [1.29, 1.82) is 0 Å². The fourth-order valence-electron chi connectivity index (χ4n) is 1.91. The van der Waals surface area contributed by atoms with E-state index in [1.54, 1.807) is 18.2 Å². The van der Waals surface area contributed by atoms with Crippen molar-refractivity contribution in [2.75, 3.05) is 0 Å². The fourth-order valence-corrected chi connectivity index (χ4v) is 1.91. The monoisotopic (exact) mass is 322 g/mol. The maximum atomic E-state index is 12.7. The topological polar surface area (TPSA) is 61.7 Å². The molecule has 0 saturated carbocycles. The van der Waals surface area contributed by atoms with E-state index in [-0.39, 0.29) is 5.56 Å². The molecule has 0 heterocycles. The van der Waals surface area contributed by atoms with E-state index in [4.69, 9.17) is 0 Å². The van der Waals surface area contributed by atoms with E-state index in [1.165, 1.54) is 6.07 Å². The molecule has 0 aliphatic rings. The summed E-state index contributed by atoms with van der Waals surface area (Å²) in [5.41, 5.74) is 2.15. The van der Waals surface area contributed by atoms with Crippen molar-refractivity contribution in [3.8, 4) is 5.75 Å². The third kappa shape index (κ3) is 4.09. The summed E-state index contributed by atoms with van der Waals surface area (Å²) in [4.78, 5) is 11.8. The molecule has 4 nitrogen and oxygen atoms in total. The van der Waals surface area contributed by atoms with Gasteiger partial charge in [-0.25, -0.2) is 5.43 Å². The van der Waals surface area contributed by atoms with Gasteiger partial charge in [0.15, 0.2) is 0 Å². The van der Waals surface area contributed by atoms with Gasteiger partial charge in [0.2, 0.25) is 0 Å². The van der Waals surface area contributed by atoms with Crippen molar-refractivity contribution in [2.24, 2.45) is 5.10 Å². The number of aromatic hydroxyl groups is 1. The van der Waals surface area contributed by atoms with Gasteiger partial charge in [-0.3, -0.25) is 4.79 Å². The minimum Gasteiger partial charge on any atom is -0.507 e. The molecule has 0 aliphatic carbocycles. The molecule has 2 rings (SSSR count). The van der Waals surface area contributed by atoms with Crippen LogP contribution in [0.5, 0.6) is 5.75 Å². The van der Waals surface area contributed by atoms with Crippen LogP contribution in [0.3, 0.4) is 0 Å². The molecular weight excluding hydrogens is 309 g/mol. The van der Waals surface area contributed by atoms with Gasteiger partial charge in [-0.15, -0.1) is 0 Å². The smallest absolute Gasteiger partial charge is 0.419 e. The lowest BCUT2D eigenvalue weighted by Gasteiger charge is -2.10. The second kappa shape index (κ2) is 6.51. The number of carbonyl (C=O) groups is 1. The molecule has 0 saturated heterocycles. The average Bonchev–Trinajstić information content (AvgIpc) is 2.47. The average molecular weight is 322 g/mol. The predicted molar refractivity (Wildman–Crippen MR) is 79.3 cm³/mol. The minimum atomic E-state index is -4.67. The van der Waals surface area contributed by atoms with Crippen molar-refractivity contribution < 1.29 is 23.1 Å². The lowest BCUT2D eigenvalue weighted by molar-refractivity contribution is -0.138. The molecule has 0 atom stereocenters. The summed E-state index contributed by atoms with van der Waals surface area (Å²) < 4.78 is 38.0.